The van der Waals surface area contributed by atoms with Crippen LogP contribution >= 0.6 is 11.3 Å². The highest BCUT2D eigenvalue weighted by Crippen LogP contribution is 2.20. The first-order valence-electron chi connectivity index (χ1n) is 9.94. The molecule has 1 unspecified atom stereocenters. The molecule has 0 aliphatic carbocycles. The number of hydrogen-bond donors (Lipinski definition) is 3. The van der Waals surface area contributed by atoms with E-state index in [-0.39, 0.29) is 11.8 Å². The second-order valence-electron chi connectivity index (χ2n) is 7.13. The second-order valence-corrected chi connectivity index (χ2v) is 8.08. The molecule has 0 spiro atoms. The molecule has 2 heterocycles. The zero-order valence-electron chi connectivity index (χ0n) is 17.1. The first-order valence-corrected chi connectivity index (χ1v) is 10.8. The Hall–Kier alpha value is -3.58. The molecule has 2 aromatic heterocycles. The van der Waals surface area contributed by atoms with Gasteiger partial charge in [-0.2, -0.15) is 0 Å². The Morgan fingerprint density at radius 2 is 1.87 bits per heavy atom. The number of amides is 2. The van der Waals surface area contributed by atoms with Gasteiger partial charge in [-0.25, -0.2) is 0 Å². The van der Waals surface area contributed by atoms with Crippen LogP contribution in [0.3, 0.4) is 0 Å². The van der Waals surface area contributed by atoms with Crippen molar-refractivity contribution in [1.29, 1.82) is 0 Å². The normalized spacial score (nSPS) is 11.8. The first-order chi connectivity index (χ1) is 15.1. The fourth-order valence-corrected chi connectivity index (χ4v) is 4.05. The minimum absolute atomic E-state index is 0.231. The Kier molecular flexibility index (Phi) is 6.33. The molecule has 0 saturated carbocycles. The van der Waals surface area contributed by atoms with Crippen molar-refractivity contribution in [2.45, 2.75) is 19.0 Å². The molecule has 0 aliphatic rings. The van der Waals surface area contributed by atoms with Crippen molar-refractivity contribution in [3.05, 3.63) is 88.2 Å². The summed E-state index contributed by atoms with van der Waals surface area (Å²) in [6, 6.07) is 18.3. The lowest BCUT2D eigenvalue weighted by Gasteiger charge is -2.18. The van der Waals surface area contributed by atoms with Crippen LogP contribution in [0.2, 0.25) is 0 Å². The number of ether oxygens (including phenoxy) is 1. The molecule has 1 atom stereocenters. The standard InChI is InChI=1S/C24H23N3O3S/c1-30-18-10-8-16(9-11-18)14-26-23(28)21(27-24(29)22-7-4-12-31-22)13-17-15-25-20-6-3-2-5-19(17)20/h2-12,15,21,25H,13-14H2,1H3,(H,26,28)(H,27,29). The van der Waals surface area contributed by atoms with Gasteiger partial charge in [0, 0.05) is 30.1 Å². The number of nitrogens with one attached hydrogen (secondary N) is 3. The Morgan fingerprint density at radius 3 is 2.61 bits per heavy atom. The molecule has 0 fully saturated rings. The molecule has 6 nitrogen and oxygen atoms in total. The van der Waals surface area contributed by atoms with Gasteiger partial charge in [0.05, 0.1) is 12.0 Å². The summed E-state index contributed by atoms with van der Waals surface area (Å²) in [7, 11) is 1.61. The van der Waals surface area contributed by atoms with Crippen molar-refractivity contribution in [3.63, 3.8) is 0 Å². The Balaban J connectivity index is 1.50. The molecule has 2 amide bonds. The van der Waals surface area contributed by atoms with Gasteiger partial charge in [0.25, 0.3) is 5.91 Å². The predicted octanol–water partition coefficient (Wildman–Crippen LogP) is 3.90. The average molecular weight is 434 g/mol. The third kappa shape index (κ3) is 4.95. The molecule has 0 aliphatic heterocycles. The monoisotopic (exact) mass is 433 g/mol. The number of carbonyl (C=O) groups excluding carboxylic acids is 2. The summed E-state index contributed by atoms with van der Waals surface area (Å²) in [6.07, 6.45) is 2.28. The van der Waals surface area contributed by atoms with Crippen molar-refractivity contribution in [2.75, 3.05) is 7.11 Å². The first kappa shape index (κ1) is 20.7. The van der Waals surface area contributed by atoms with Gasteiger partial charge in [0.1, 0.15) is 11.8 Å². The van der Waals surface area contributed by atoms with Gasteiger partial charge in [0.2, 0.25) is 5.91 Å². The highest BCUT2D eigenvalue weighted by molar-refractivity contribution is 7.12. The summed E-state index contributed by atoms with van der Waals surface area (Å²) in [5.74, 6) is 0.279. The van der Waals surface area contributed by atoms with Crippen LogP contribution in [0.15, 0.2) is 72.2 Å². The van der Waals surface area contributed by atoms with Gasteiger partial charge in [-0.05, 0) is 40.8 Å². The summed E-state index contributed by atoms with van der Waals surface area (Å²) in [4.78, 5) is 29.5. The fraction of sp³-hybridized carbons (Fsp3) is 0.167. The minimum Gasteiger partial charge on any atom is -0.497 e. The van der Waals surface area contributed by atoms with Crippen LogP contribution < -0.4 is 15.4 Å². The minimum atomic E-state index is -0.702. The molecule has 3 N–H and O–H groups in total. The van der Waals surface area contributed by atoms with Crippen LogP contribution in [0.1, 0.15) is 20.8 Å². The molecular formula is C24H23N3O3S. The van der Waals surface area contributed by atoms with E-state index in [1.807, 2.05) is 66.2 Å². The number of methoxy groups -OCH3 is 1. The van der Waals surface area contributed by atoms with E-state index in [9.17, 15) is 9.59 Å². The van der Waals surface area contributed by atoms with Crippen molar-refractivity contribution < 1.29 is 14.3 Å². The molecular weight excluding hydrogens is 410 g/mol. The largest absolute Gasteiger partial charge is 0.497 e. The topological polar surface area (TPSA) is 83.2 Å². The van der Waals surface area contributed by atoms with E-state index in [0.29, 0.717) is 17.8 Å². The van der Waals surface area contributed by atoms with E-state index in [0.717, 1.165) is 27.8 Å². The zero-order chi connectivity index (χ0) is 21.6. The number of benzene rings is 2. The van der Waals surface area contributed by atoms with Gasteiger partial charge in [-0.3, -0.25) is 9.59 Å². The molecule has 2 aromatic carbocycles. The van der Waals surface area contributed by atoms with E-state index >= 15 is 0 Å². The maximum atomic E-state index is 13.0. The molecule has 0 bridgehead atoms. The number of fused-ring (bicyclic) bond motifs is 1. The summed E-state index contributed by atoms with van der Waals surface area (Å²) in [5, 5.41) is 8.73. The maximum Gasteiger partial charge on any atom is 0.262 e. The summed E-state index contributed by atoms with van der Waals surface area (Å²) < 4.78 is 5.17. The SMILES string of the molecule is COc1ccc(CNC(=O)C(Cc2c[nH]c3ccccc23)NC(=O)c2cccs2)cc1. The van der Waals surface area contributed by atoms with Crippen molar-refractivity contribution in [3.8, 4) is 5.75 Å². The molecule has 0 radical (unpaired) electrons. The van der Waals surface area contributed by atoms with Crippen LogP contribution in [0.25, 0.3) is 10.9 Å². The van der Waals surface area contributed by atoms with Crippen molar-refractivity contribution >= 4 is 34.1 Å². The lowest BCUT2D eigenvalue weighted by molar-refractivity contribution is -0.123. The molecule has 4 rings (SSSR count). The number of H-pyrrole nitrogens is 1. The molecule has 7 heteroatoms. The Bertz CT molecular complexity index is 1170. The zero-order valence-corrected chi connectivity index (χ0v) is 17.9. The van der Waals surface area contributed by atoms with Crippen molar-refractivity contribution in [1.82, 2.24) is 15.6 Å². The van der Waals surface area contributed by atoms with Crippen LogP contribution in [0.4, 0.5) is 0 Å². The Morgan fingerprint density at radius 1 is 1.06 bits per heavy atom. The van der Waals surface area contributed by atoms with Gasteiger partial charge in [-0.15, -0.1) is 11.3 Å². The maximum absolute atomic E-state index is 13.0. The van der Waals surface area contributed by atoms with E-state index in [2.05, 4.69) is 15.6 Å². The van der Waals surface area contributed by atoms with Crippen LogP contribution in [-0.2, 0) is 17.8 Å². The molecule has 0 saturated heterocycles. The smallest absolute Gasteiger partial charge is 0.262 e. The van der Waals surface area contributed by atoms with E-state index < -0.39 is 6.04 Å². The number of carbonyl (C=O) groups is 2. The van der Waals surface area contributed by atoms with Gasteiger partial charge in [-0.1, -0.05) is 36.4 Å². The highest BCUT2D eigenvalue weighted by Gasteiger charge is 2.23. The summed E-state index contributed by atoms with van der Waals surface area (Å²) in [5.41, 5.74) is 2.93. The van der Waals surface area contributed by atoms with E-state index in [4.69, 9.17) is 4.74 Å². The van der Waals surface area contributed by atoms with Crippen LogP contribution in [0.5, 0.6) is 5.75 Å². The van der Waals surface area contributed by atoms with Crippen LogP contribution in [-0.4, -0.2) is 29.9 Å². The number of aromatic amines is 1. The van der Waals surface area contributed by atoms with Crippen molar-refractivity contribution in [2.24, 2.45) is 0 Å². The molecule has 4 aromatic rings. The van der Waals surface area contributed by atoms with Gasteiger partial charge in [0.15, 0.2) is 0 Å². The number of hydrogen-bond acceptors (Lipinski definition) is 4. The quantitative estimate of drug-likeness (QED) is 0.394. The number of thiophene rings is 1. The lowest BCUT2D eigenvalue weighted by atomic mass is 10.0. The number of para-hydroxylation sites is 1. The third-order valence-corrected chi connectivity index (χ3v) is 5.96. The highest BCUT2D eigenvalue weighted by atomic mass is 32.1. The second kappa shape index (κ2) is 9.49. The third-order valence-electron chi connectivity index (χ3n) is 5.09. The summed E-state index contributed by atoms with van der Waals surface area (Å²) >= 11 is 1.35. The Labute approximate surface area is 184 Å². The number of rotatable bonds is 8. The van der Waals surface area contributed by atoms with Gasteiger partial charge < -0.3 is 20.4 Å². The van der Waals surface area contributed by atoms with Gasteiger partial charge >= 0.3 is 0 Å². The predicted molar refractivity (Wildman–Crippen MR) is 122 cm³/mol. The average Bonchev–Trinajstić information content (AvgIpc) is 3.48. The summed E-state index contributed by atoms with van der Waals surface area (Å²) in [6.45, 7) is 0.363. The number of aromatic nitrogens is 1. The van der Waals surface area contributed by atoms with E-state index in [1.165, 1.54) is 11.3 Å². The molecule has 158 valence electrons. The van der Waals surface area contributed by atoms with Crippen LogP contribution in [0, 0.1) is 0 Å². The molecule has 31 heavy (non-hydrogen) atoms. The lowest BCUT2D eigenvalue weighted by Crippen LogP contribution is -2.47. The van der Waals surface area contributed by atoms with E-state index in [1.54, 1.807) is 13.2 Å². The fourth-order valence-electron chi connectivity index (χ4n) is 3.42.